The Bertz CT molecular complexity index is 1320. The zero-order valence-electron chi connectivity index (χ0n) is 18.9. The van der Waals surface area contributed by atoms with Crippen LogP contribution in [0.15, 0.2) is 72.8 Å². The lowest BCUT2D eigenvalue weighted by Crippen LogP contribution is -2.08. The van der Waals surface area contributed by atoms with Gasteiger partial charge in [0.05, 0.1) is 11.1 Å². The molecule has 0 saturated heterocycles. The molecule has 192 valence electrons. The van der Waals surface area contributed by atoms with Gasteiger partial charge in [-0.1, -0.05) is 36.4 Å². The van der Waals surface area contributed by atoms with E-state index in [4.69, 9.17) is 27.7 Å². The van der Waals surface area contributed by atoms with Crippen molar-refractivity contribution < 1.29 is 31.1 Å². The molecular formula is C26H20F6N4O. The number of nitrogens with two attached hydrogens (primary N) is 4. The number of alkyl halides is 6. The zero-order chi connectivity index (χ0) is 27.1. The molecule has 8 N–H and O–H groups in total. The van der Waals surface area contributed by atoms with Crippen molar-refractivity contribution in [2.45, 2.75) is 12.4 Å². The third-order valence-corrected chi connectivity index (χ3v) is 5.59. The summed E-state index contributed by atoms with van der Waals surface area (Å²) in [5.41, 5.74) is 21.9. The van der Waals surface area contributed by atoms with Crippen molar-refractivity contribution in [3.05, 3.63) is 83.9 Å². The summed E-state index contributed by atoms with van der Waals surface area (Å²) in [6.45, 7) is 0. The fraction of sp³-hybridized carbons (Fsp3) is 0.0769. The highest BCUT2D eigenvalue weighted by Crippen LogP contribution is 2.46. The zero-order valence-corrected chi connectivity index (χ0v) is 18.9. The van der Waals surface area contributed by atoms with Crippen LogP contribution >= 0.6 is 0 Å². The molecule has 0 bridgehead atoms. The molecule has 11 heteroatoms. The summed E-state index contributed by atoms with van der Waals surface area (Å²) >= 11 is 0. The van der Waals surface area contributed by atoms with Crippen LogP contribution in [0, 0.1) is 0 Å². The lowest BCUT2D eigenvalue weighted by Gasteiger charge is -2.19. The Labute approximate surface area is 207 Å². The highest BCUT2D eigenvalue weighted by molar-refractivity contribution is 5.92. The minimum absolute atomic E-state index is 0.134. The number of rotatable bonds is 4. The van der Waals surface area contributed by atoms with Crippen molar-refractivity contribution in [3.8, 4) is 33.8 Å². The van der Waals surface area contributed by atoms with Gasteiger partial charge < -0.3 is 27.7 Å². The van der Waals surface area contributed by atoms with E-state index < -0.39 is 23.5 Å². The normalized spacial score (nSPS) is 11.9. The Balaban J connectivity index is 1.82. The predicted octanol–water partition coefficient (Wildman–Crippen LogP) is 7.18. The Hall–Kier alpha value is -4.54. The molecule has 0 unspecified atom stereocenters. The highest BCUT2D eigenvalue weighted by Gasteiger charge is 2.33. The second kappa shape index (κ2) is 9.16. The summed E-state index contributed by atoms with van der Waals surface area (Å²) in [4.78, 5) is 0. The highest BCUT2D eigenvalue weighted by atomic mass is 19.4. The van der Waals surface area contributed by atoms with Gasteiger partial charge in [0.1, 0.15) is 11.5 Å². The molecule has 0 atom stereocenters. The van der Waals surface area contributed by atoms with Gasteiger partial charge in [-0.3, -0.25) is 0 Å². The maximum Gasteiger partial charge on any atom is 0.416 e. The summed E-state index contributed by atoms with van der Waals surface area (Å²) in [6.07, 6.45) is -9.28. The average molecular weight is 518 g/mol. The number of ether oxygens (including phenoxy) is 1. The molecule has 37 heavy (non-hydrogen) atoms. The third-order valence-electron chi connectivity index (χ3n) is 5.59. The lowest BCUT2D eigenvalue weighted by molar-refractivity contribution is -0.138. The second-order valence-corrected chi connectivity index (χ2v) is 8.15. The van der Waals surface area contributed by atoms with Crippen molar-refractivity contribution >= 4 is 22.7 Å². The number of nitrogen functional groups attached to an aromatic ring is 4. The van der Waals surface area contributed by atoms with Crippen LogP contribution < -0.4 is 27.7 Å². The minimum atomic E-state index is -4.64. The number of benzene rings is 4. The number of anilines is 4. The lowest BCUT2D eigenvalue weighted by atomic mass is 9.97. The molecule has 4 rings (SSSR count). The molecule has 0 aromatic heterocycles. The Kier molecular flexibility index (Phi) is 6.32. The van der Waals surface area contributed by atoms with E-state index >= 15 is 0 Å². The van der Waals surface area contributed by atoms with Gasteiger partial charge in [-0.05, 0) is 36.4 Å². The van der Waals surface area contributed by atoms with E-state index in [0.29, 0.717) is 11.1 Å². The number of para-hydroxylation sites is 2. The minimum Gasteiger partial charge on any atom is -0.456 e. The van der Waals surface area contributed by atoms with Crippen molar-refractivity contribution in [2.75, 3.05) is 22.9 Å². The van der Waals surface area contributed by atoms with Gasteiger partial charge in [-0.15, -0.1) is 0 Å². The molecular weight excluding hydrogens is 498 g/mol. The van der Waals surface area contributed by atoms with Crippen LogP contribution in [0.5, 0.6) is 11.5 Å². The van der Waals surface area contributed by atoms with Crippen LogP contribution in [0.1, 0.15) is 11.1 Å². The number of hydrogen-bond acceptors (Lipinski definition) is 5. The maximum atomic E-state index is 13.2. The van der Waals surface area contributed by atoms with Crippen LogP contribution in [0.3, 0.4) is 0 Å². The Morgan fingerprint density at radius 1 is 0.486 bits per heavy atom. The van der Waals surface area contributed by atoms with Gasteiger partial charge in [0.2, 0.25) is 0 Å². The second-order valence-electron chi connectivity index (χ2n) is 8.15. The topological polar surface area (TPSA) is 113 Å². The van der Waals surface area contributed by atoms with E-state index in [9.17, 15) is 26.3 Å². The standard InChI is InChI=1S/C26H20F6N4O/c27-25(28,29)13-9-17(33)23(18(34)10-13)15-5-1-3-7-21(15)37-22-8-4-2-6-16(22)24-19(35)11-14(12-20(24)36)26(30,31)32/h1-12H,33-36H2. The van der Waals surface area contributed by atoms with Gasteiger partial charge in [0, 0.05) is 45.0 Å². The van der Waals surface area contributed by atoms with Gasteiger partial charge in [-0.2, -0.15) is 26.3 Å². The first-order valence-corrected chi connectivity index (χ1v) is 10.7. The SMILES string of the molecule is Nc1cc(C(F)(F)F)cc(N)c1-c1ccccc1Oc1ccccc1-c1c(N)cc(C(F)(F)F)cc1N. The summed E-state index contributed by atoms with van der Waals surface area (Å²) < 4.78 is 85.2. The third kappa shape index (κ3) is 5.06. The van der Waals surface area contributed by atoms with Crippen LogP contribution in [0.2, 0.25) is 0 Å². The van der Waals surface area contributed by atoms with E-state index in [2.05, 4.69) is 0 Å². The fourth-order valence-corrected chi connectivity index (χ4v) is 3.97. The van der Waals surface area contributed by atoms with Crippen LogP contribution in [0.25, 0.3) is 22.3 Å². The van der Waals surface area contributed by atoms with Crippen molar-refractivity contribution in [1.82, 2.24) is 0 Å². The monoisotopic (exact) mass is 518 g/mol. The molecule has 0 heterocycles. The van der Waals surface area contributed by atoms with E-state index in [1.807, 2.05) is 0 Å². The van der Waals surface area contributed by atoms with Crippen molar-refractivity contribution in [2.24, 2.45) is 0 Å². The first kappa shape index (κ1) is 25.5. The molecule has 0 amide bonds. The summed E-state index contributed by atoms with van der Waals surface area (Å²) in [5.74, 6) is 0.356. The van der Waals surface area contributed by atoms with Gasteiger partial charge in [0.25, 0.3) is 0 Å². The summed E-state index contributed by atoms with van der Waals surface area (Å²) in [5, 5.41) is 0. The molecule has 4 aromatic carbocycles. The fourth-order valence-electron chi connectivity index (χ4n) is 3.97. The molecule has 0 aliphatic carbocycles. The molecule has 0 fully saturated rings. The van der Waals surface area contributed by atoms with E-state index in [1.165, 1.54) is 0 Å². The smallest absolute Gasteiger partial charge is 0.416 e. The first-order valence-electron chi connectivity index (χ1n) is 10.7. The van der Waals surface area contributed by atoms with Gasteiger partial charge in [-0.25, -0.2) is 0 Å². The molecule has 0 radical (unpaired) electrons. The van der Waals surface area contributed by atoms with Crippen LogP contribution in [-0.4, -0.2) is 0 Å². The molecule has 4 aromatic rings. The van der Waals surface area contributed by atoms with Gasteiger partial charge in [0.15, 0.2) is 0 Å². The van der Waals surface area contributed by atoms with Crippen LogP contribution in [0.4, 0.5) is 49.1 Å². The molecule has 0 spiro atoms. The van der Waals surface area contributed by atoms with Crippen LogP contribution in [-0.2, 0) is 12.4 Å². The van der Waals surface area contributed by atoms with Crippen molar-refractivity contribution in [1.29, 1.82) is 0 Å². The van der Waals surface area contributed by atoms with E-state index in [0.717, 1.165) is 24.3 Å². The molecule has 0 aliphatic rings. The molecule has 5 nitrogen and oxygen atoms in total. The van der Waals surface area contributed by atoms with Gasteiger partial charge >= 0.3 is 12.4 Å². The molecule has 0 saturated carbocycles. The van der Waals surface area contributed by atoms with E-state index in [-0.39, 0.29) is 45.4 Å². The summed E-state index contributed by atoms with van der Waals surface area (Å²) in [7, 11) is 0. The first-order chi connectivity index (χ1) is 17.3. The number of halogens is 6. The Morgan fingerprint density at radius 3 is 1.08 bits per heavy atom. The largest absolute Gasteiger partial charge is 0.456 e. The average Bonchev–Trinajstić information content (AvgIpc) is 2.79. The van der Waals surface area contributed by atoms with Crippen molar-refractivity contribution in [3.63, 3.8) is 0 Å². The molecule has 0 aliphatic heterocycles. The Morgan fingerprint density at radius 2 is 0.784 bits per heavy atom. The maximum absolute atomic E-state index is 13.2. The summed E-state index contributed by atoms with van der Waals surface area (Å²) in [6, 6.07) is 15.8. The quantitative estimate of drug-likeness (QED) is 0.169. The predicted molar refractivity (Wildman–Crippen MR) is 131 cm³/mol. The van der Waals surface area contributed by atoms with E-state index in [1.54, 1.807) is 48.5 Å². The number of hydrogen-bond donors (Lipinski definition) is 4.